The molecule has 0 spiro atoms. The van der Waals surface area contributed by atoms with Gasteiger partial charge in [0.15, 0.2) is 0 Å². The molecule has 3 heteroatoms. The summed E-state index contributed by atoms with van der Waals surface area (Å²) in [5.41, 5.74) is 1.77. The minimum Gasteiger partial charge on any atom is -0.478 e. The van der Waals surface area contributed by atoms with Crippen LogP contribution in [0.1, 0.15) is 56.8 Å². The molecule has 0 amide bonds. The standard InChI is InChI=1S/C17H25NO2/c1-17(2,3)13-6-10-15(11-7-13)18-14-8-4-12(5-9-14)16(19)20/h4-5,8-9,13,15,18H,6-7,10-11H2,1-3H3,(H,19,20). The van der Waals surface area contributed by atoms with Crippen LogP contribution in [-0.4, -0.2) is 17.1 Å². The van der Waals surface area contributed by atoms with Crippen LogP contribution in [0.15, 0.2) is 24.3 Å². The first-order valence-electron chi connectivity index (χ1n) is 7.46. The minimum atomic E-state index is -0.873. The molecule has 0 saturated heterocycles. The first kappa shape index (κ1) is 14.9. The third kappa shape index (κ3) is 3.75. The van der Waals surface area contributed by atoms with Gasteiger partial charge in [0.2, 0.25) is 0 Å². The molecule has 1 saturated carbocycles. The molecule has 1 aromatic rings. The number of nitrogens with one attached hydrogen (secondary N) is 1. The summed E-state index contributed by atoms with van der Waals surface area (Å²) in [4.78, 5) is 10.8. The van der Waals surface area contributed by atoms with E-state index in [0.717, 1.165) is 11.6 Å². The quantitative estimate of drug-likeness (QED) is 0.859. The maximum Gasteiger partial charge on any atom is 0.335 e. The first-order valence-corrected chi connectivity index (χ1v) is 7.46. The highest BCUT2D eigenvalue weighted by atomic mass is 16.4. The first-order chi connectivity index (χ1) is 9.36. The Morgan fingerprint density at radius 2 is 1.65 bits per heavy atom. The molecule has 1 aliphatic carbocycles. The van der Waals surface area contributed by atoms with Gasteiger partial charge < -0.3 is 10.4 Å². The lowest BCUT2D eigenvalue weighted by molar-refractivity contribution is 0.0697. The SMILES string of the molecule is CC(C)(C)C1CCC(Nc2ccc(C(=O)O)cc2)CC1. The molecule has 1 aliphatic rings. The van der Waals surface area contributed by atoms with Gasteiger partial charge in [-0.1, -0.05) is 20.8 Å². The van der Waals surface area contributed by atoms with Crippen LogP contribution in [0.5, 0.6) is 0 Å². The molecular weight excluding hydrogens is 250 g/mol. The molecule has 0 aromatic heterocycles. The van der Waals surface area contributed by atoms with E-state index < -0.39 is 5.97 Å². The predicted molar refractivity (Wildman–Crippen MR) is 82.2 cm³/mol. The molecule has 0 heterocycles. The summed E-state index contributed by atoms with van der Waals surface area (Å²) in [5.74, 6) is -0.0582. The van der Waals surface area contributed by atoms with E-state index in [2.05, 4.69) is 26.1 Å². The third-order valence-electron chi connectivity index (χ3n) is 4.45. The van der Waals surface area contributed by atoms with Gasteiger partial charge in [-0.05, 0) is 61.3 Å². The topological polar surface area (TPSA) is 49.3 Å². The minimum absolute atomic E-state index is 0.340. The van der Waals surface area contributed by atoms with Crippen LogP contribution in [0.25, 0.3) is 0 Å². The number of carboxylic acid groups (broad SMARTS) is 1. The monoisotopic (exact) mass is 275 g/mol. The highest BCUT2D eigenvalue weighted by Crippen LogP contribution is 2.38. The number of rotatable bonds is 3. The Balaban J connectivity index is 1.88. The predicted octanol–water partition coefficient (Wildman–Crippen LogP) is 4.40. The fourth-order valence-electron chi connectivity index (χ4n) is 3.05. The second-order valence-electron chi connectivity index (χ2n) is 6.94. The number of hydrogen-bond donors (Lipinski definition) is 2. The van der Waals surface area contributed by atoms with Crippen molar-refractivity contribution in [2.45, 2.75) is 52.5 Å². The van der Waals surface area contributed by atoms with Gasteiger partial charge in [-0.3, -0.25) is 0 Å². The van der Waals surface area contributed by atoms with Gasteiger partial charge in [-0.2, -0.15) is 0 Å². The zero-order chi connectivity index (χ0) is 14.8. The molecule has 1 fully saturated rings. The molecule has 110 valence electrons. The van der Waals surface area contributed by atoms with Crippen molar-refractivity contribution in [1.29, 1.82) is 0 Å². The van der Waals surface area contributed by atoms with Gasteiger partial charge in [0.25, 0.3) is 0 Å². The normalized spacial score (nSPS) is 23.4. The average molecular weight is 275 g/mol. The molecule has 1 aromatic carbocycles. The number of aromatic carboxylic acids is 1. The highest BCUT2D eigenvalue weighted by molar-refractivity contribution is 5.87. The number of benzene rings is 1. The van der Waals surface area contributed by atoms with Gasteiger partial charge in [0, 0.05) is 11.7 Å². The van der Waals surface area contributed by atoms with Crippen LogP contribution in [-0.2, 0) is 0 Å². The van der Waals surface area contributed by atoms with Crippen LogP contribution < -0.4 is 5.32 Å². The van der Waals surface area contributed by atoms with Crippen molar-refractivity contribution in [2.24, 2.45) is 11.3 Å². The van der Waals surface area contributed by atoms with E-state index in [9.17, 15) is 4.79 Å². The number of carboxylic acids is 1. The lowest BCUT2D eigenvalue weighted by Crippen LogP contribution is -2.31. The molecule has 2 rings (SSSR count). The van der Waals surface area contributed by atoms with Gasteiger partial charge in [0.05, 0.1) is 5.56 Å². The van der Waals surface area contributed by atoms with Crippen molar-refractivity contribution in [1.82, 2.24) is 0 Å². The molecule has 20 heavy (non-hydrogen) atoms. The number of hydrogen-bond acceptors (Lipinski definition) is 2. The fourth-order valence-corrected chi connectivity index (χ4v) is 3.05. The summed E-state index contributed by atoms with van der Waals surface area (Å²) < 4.78 is 0. The van der Waals surface area contributed by atoms with Crippen molar-refractivity contribution in [3.8, 4) is 0 Å². The maximum absolute atomic E-state index is 10.8. The van der Waals surface area contributed by atoms with Gasteiger partial charge in [-0.25, -0.2) is 4.79 Å². The molecule has 0 radical (unpaired) electrons. The van der Waals surface area contributed by atoms with Crippen LogP contribution in [0.3, 0.4) is 0 Å². The van der Waals surface area contributed by atoms with E-state index in [1.54, 1.807) is 12.1 Å². The lowest BCUT2D eigenvalue weighted by atomic mass is 9.71. The molecule has 2 N–H and O–H groups in total. The van der Waals surface area contributed by atoms with Crippen molar-refractivity contribution in [3.63, 3.8) is 0 Å². The van der Waals surface area contributed by atoms with Crippen molar-refractivity contribution >= 4 is 11.7 Å². The van der Waals surface area contributed by atoms with Crippen molar-refractivity contribution in [3.05, 3.63) is 29.8 Å². The van der Waals surface area contributed by atoms with Crippen molar-refractivity contribution in [2.75, 3.05) is 5.32 Å². The van der Waals surface area contributed by atoms with E-state index in [4.69, 9.17) is 5.11 Å². The Morgan fingerprint density at radius 3 is 2.10 bits per heavy atom. The van der Waals surface area contributed by atoms with Gasteiger partial charge in [-0.15, -0.1) is 0 Å². The van der Waals surface area contributed by atoms with E-state index in [-0.39, 0.29) is 0 Å². The summed E-state index contributed by atoms with van der Waals surface area (Å²) in [5, 5.41) is 12.4. The summed E-state index contributed by atoms with van der Waals surface area (Å²) >= 11 is 0. The van der Waals surface area contributed by atoms with E-state index in [0.29, 0.717) is 17.0 Å². The fraction of sp³-hybridized carbons (Fsp3) is 0.588. The third-order valence-corrected chi connectivity index (χ3v) is 4.45. The van der Waals surface area contributed by atoms with Crippen LogP contribution >= 0.6 is 0 Å². The number of carbonyl (C=O) groups is 1. The van der Waals surface area contributed by atoms with Crippen molar-refractivity contribution < 1.29 is 9.90 Å². The second-order valence-corrected chi connectivity index (χ2v) is 6.94. The summed E-state index contributed by atoms with van der Waals surface area (Å²) in [6.07, 6.45) is 4.94. The Kier molecular flexibility index (Phi) is 4.36. The molecule has 3 nitrogen and oxygen atoms in total. The maximum atomic E-state index is 10.8. The summed E-state index contributed by atoms with van der Waals surface area (Å²) in [7, 11) is 0. The van der Waals surface area contributed by atoms with Crippen LogP contribution in [0.2, 0.25) is 0 Å². The Hall–Kier alpha value is -1.51. The zero-order valence-electron chi connectivity index (χ0n) is 12.6. The van der Waals surface area contributed by atoms with Gasteiger partial charge >= 0.3 is 5.97 Å². The summed E-state index contributed by atoms with van der Waals surface area (Å²) in [6.45, 7) is 6.99. The molecule has 0 unspecified atom stereocenters. The largest absolute Gasteiger partial charge is 0.478 e. The Labute approximate surface area is 121 Å². The lowest BCUT2D eigenvalue weighted by Gasteiger charge is -2.37. The summed E-state index contributed by atoms with van der Waals surface area (Å²) in [6, 6.07) is 7.56. The smallest absolute Gasteiger partial charge is 0.335 e. The molecule has 0 bridgehead atoms. The Bertz CT molecular complexity index is 451. The van der Waals surface area contributed by atoms with E-state index in [1.165, 1.54) is 25.7 Å². The van der Waals surface area contributed by atoms with Gasteiger partial charge in [0.1, 0.15) is 0 Å². The van der Waals surface area contributed by atoms with E-state index in [1.807, 2.05) is 12.1 Å². The number of anilines is 1. The highest BCUT2D eigenvalue weighted by Gasteiger charge is 2.29. The van der Waals surface area contributed by atoms with Crippen LogP contribution in [0.4, 0.5) is 5.69 Å². The zero-order valence-corrected chi connectivity index (χ0v) is 12.6. The molecular formula is C17H25NO2. The molecule has 0 atom stereocenters. The molecule has 0 aliphatic heterocycles. The van der Waals surface area contributed by atoms with E-state index >= 15 is 0 Å². The van der Waals surface area contributed by atoms with Crippen LogP contribution in [0, 0.1) is 11.3 Å². The second kappa shape index (κ2) is 5.86. The Morgan fingerprint density at radius 1 is 1.10 bits per heavy atom. The average Bonchev–Trinajstić information content (AvgIpc) is 2.39.